The number of benzene rings is 1. The molecule has 0 atom stereocenters. The summed E-state index contributed by atoms with van der Waals surface area (Å²) in [5.74, 6) is 0.734. The van der Waals surface area contributed by atoms with Crippen LogP contribution in [0.3, 0.4) is 0 Å². The highest BCUT2D eigenvalue weighted by molar-refractivity contribution is 7.12. The van der Waals surface area contributed by atoms with E-state index in [1.54, 1.807) is 10.9 Å². The predicted octanol–water partition coefficient (Wildman–Crippen LogP) is 4.74. The Kier molecular flexibility index (Phi) is 6.19. The van der Waals surface area contributed by atoms with Crippen molar-refractivity contribution in [1.29, 1.82) is 0 Å². The Morgan fingerprint density at radius 3 is 2.89 bits per heavy atom. The van der Waals surface area contributed by atoms with Gasteiger partial charge in [0.1, 0.15) is 12.4 Å². The first kappa shape index (κ1) is 19.5. The summed E-state index contributed by atoms with van der Waals surface area (Å²) in [6.45, 7) is 7.55. The van der Waals surface area contributed by atoms with E-state index < -0.39 is 0 Å². The lowest BCUT2D eigenvalue weighted by Gasteiger charge is -2.08. The van der Waals surface area contributed by atoms with Gasteiger partial charge in [-0.15, -0.1) is 11.3 Å². The zero-order valence-corrected chi connectivity index (χ0v) is 17.2. The Labute approximate surface area is 167 Å². The van der Waals surface area contributed by atoms with E-state index in [-0.39, 0.29) is 5.91 Å². The predicted molar refractivity (Wildman–Crippen MR) is 109 cm³/mol. The Bertz CT molecular complexity index is 949. The average Bonchev–Trinajstić information content (AvgIpc) is 3.25. The smallest absolute Gasteiger partial charge is 0.261 e. The lowest BCUT2D eigenvalue weighted by molar-refractivity contribution is 0.0954. The standard InChI is InChI=1S/C20H22ClN3O2S/c1-4-24-17(16(21)9-23-24)10-22-20(25)19-8-15(12-27-19)11-26-18-6-5-13(2)7-14(18)3/h5-9,12H,4,10-11H2,1-3H3,(H,22,25). The molecule has 0 saturated carbocycles. The number of rotatable bonds is 7. The lowest BCUT2D eigenvalue weighted by atomic mass is 10.1. The van der Waals surface area contributed by atoms with Crippen LogP contribution >= 0.6 is 22.9 Å². The molecule has 0 radical (unpaired) electrons. The number of ether oxygens (including phenoxy) is 1. The zero-order valence-electron chi connectivity index (χ0n) is 15.6. The number of halogens is 1. The first-order valence-electron chi connectivity index (χ1n) is 8.73. The molecule has 3 aromatic rings. The highest BCUT2D eigenvalue weighted by Crippen LogP contribution is 2.22. The second kappa shape index (κ2) is 8.59. The van der Waals surface area contributed by atoms with Crippen LogP contribution in [-0.2, 0) is 19.7 Å². The first-order valence-corrected chi connectivity index (χ1v) is 9.99. The second-order valence-corrected chi connectivity index (χ2v) is 7.63. The fourth-order valence-corrected chi connectivity index (χ4v) is 3.80. The van der Waals surface area contributed by atoms with Gasteiger partial charge in [0.15, 0.2) is 0 Å². The minimum atomic E-state index is -0.127. The van der Waals surface area contributed by atoms with Crippen LogP contribution in [0.4, 0.5) is 0 Å². The minimum absolute atomic E-state index is 0.127. The Morgan fingerprint density at radius 2 is 2.15 bits per heavy atom. The zero-order chi connectivity index (χ0) is 19.4. The van der Waals surface area contributed by atoms with Crippen LogP contribution in [0.1, 0.15) is 39.0 Å². The van der Waals surface area contributed by atoms with E-state index in [1.807, 2.05) is 37.4 Å². The summed E-state index contributed by atoms with van der Waals surface area (Å²) in [7, 11) is 0. The molecule has 1 amide bonds. The Hall–Kier alpha value is -2.31. The summed E-state index contributed by atoms with van der Waals surface area (Å²) in [6, 6.07) is 7.96. The number of hydrogen-bond acceptors (Lipinski definition) is 4. The van der Waals surface area contributed by atoms with Crippen LogP contribution in [0.25, 0.3) is 0 Å². The average molecular weight is 404 g/mol. The van der Waals surface area contributed by atoms with Crippen LogP contribution in [-0.4, -0.2) is 15.7 Å². The summed E-state index contributed by atoms with van der Waals surface area (Å²) < 4.78 is 7.66. The van der Waals surface area contributed by atoms with Gasteiger partial charge in [-0.05, 0) is 43.8 Å². The summed E-state index contributed by atoms with van der Waals surface area (Å²) in [5.41, 5.74) is 4.09. The van der Waals surface area contributed by atoms with Crippen LogP contribution in [0.2, 0.25) is 5.02 Å². The van der Waals surface area contributed by atoms with E-state index in [0.29, 0.717) is 29.6 Å². The molecule has 0 bridgehead atoms. The Morgan fingerprint density at radius 1 is 1.33 bits per heavy atom. The summed E-state index contributed by atoms with van der Waals surface area (Å²) in [5, 5.41) is 9.59. The molecule has 2 aromatic heterocycles. The number of thiophene rings is 1. The number of amides is 1. The van der Waals surface area contributed by atoms with Crippen molar-refractivity contribution >= 4 is 28.8 Å². The number of aryl methyl sites for hydroxylation is 3. The van der Waals surface area contributed by atoms with E-state index in [2.05, 4.69) is 23.4 Å². The van der Waals surface area contributed by atoms with Crippen molar-refractivity contribution in [2.75, 3.05) is 0 Å². The van der Waals surface area contributed by atoms with Gasteiger partial charge in [0.2, 0.25) is 0 Å². The molecule has 0 unspecified atom stereocenters. The van der Waals surface area contributed by atoms with E-state index in [0.717, 1.165) is 22.6 Å². The number of aromatic nitrogens is 2. The van der Waals surface area contributed by atoms with Gasteiger partial charge < -0.3 is 10.1 Å². The normalized spacial score (nSPS) is 10.8. The van der Waals surface area contributed by atoms with Gasteiger partial charge in [0.05, 0.1) is 28.3 Å². The van der Waals surface area contributed by atoms with Crippen molar-refractivity contribution in [2.24, 2.45) is 0 Å². The van der Waals surface area contributed by atoms with Crippen molar-refractivity contribution in [3.8, 4) is 5.75 Å². The summed E-state index contributed by atoms with van der Waals surface area (Å²) in [6.07, 6.45) is 1.60. The highest BCUT2D eigenvalue weighted by Gasteiger charge is 2.13. The molecule has 0 aliphatic heterocycles. The first-order chi connectivity index (χ1) is 13.0. The monoisotopic (exact) mass is 403 g/mol. The lowest BCUT2D eigenvalue weighted by Crippen LogP contribution is -2.23. The number of hydrogen-bond donors (Lipinski definition) is 1. The van der Waals surface area contributed by atoms with Gasteiger partial charge in [0.25, 0.3) is 5.91 Å². The van der Waals surface area contributed by atoms with Gasteiger partial charge in [0, 0.05) is 12.1 Å². The summed E-state index contributed by atoms with van der Waals surface area (Å²) in [4.78, 5) is 13.1. The molecule has 1 aromatic carbocycles. The highest BCUT2D eigenvalue weighted by atomic mass is 35.5. The molecule has 5 nitrogen and oxygen atoms in total. The molecule has 1 N–H and O–H groups in total. The summed E-state index contributed by atoms with van der Waals surface area (Å²) >= 11 is 7.53. The molecular formula is C20H22ClN3O2S. The largest absolute Gasteiger partial charge is 0.489 e. The third-order valence-electron chi connectivity index (χ3n) is 4.22. The fraction of sp³-hybridized carbons (Fsp3) is 0.300. The van der Waals surface area contributed by atoms with Gasteiger partial charge >= 0.3 is 0 Å². The van der Waals surface area contributed by atoms with Crippen molar-refractivity contribution in [3.63, 3.8) is 0 Å². The maximum Gasteiger partial charge on any atom is 0.261 e. The van der Waals surface area contributed by atoms with Gasteiger partial charge in [-0.2, -0.15) is 5.10 Å². The van der Waals surface area contributed by atoms with Crippen molar-refractivity contribution in [2.45, 2.75) is 40.5 Å². The number of nitrogens with zero attached hydrogens (tertiary/aromatic N) is 2. The molecule has 27 heavy (non-hydrogen) atoms. The fourth-order valence-electron chi connectivity index (χ4n) is 2.78. The van der Waals surface area contributed by atoms with E-state index in [9.17, 15) is 4.79 Å². The molecule has 0 aliphatic rings. The van der Waals surface area contributed by atoms with Crippen LogP contribution in [0.15, 0.2) is 35.8 Å². The molecule has 7 heteroatoms. The van der Waals surface area contributed by atoms with Crippen LogP contribution in [0.5, 0.6) is 5.75 Å². The van der Waals surface area contributed by atoms with Crippen LogP contribution < -0.4 is 10.1 Å². The van der Waals surface area contributed by atoms with E-state index >= 15 is 0 Å². The van der Waals surface area contributed by atoms with E-state index in [1.165, 1.54) is 16.9 Å². The van der Waals surface area contributed by atoms with Crippen molar-refractivity contribution in [3.05, 3.63) is 68.1 Å². The molecule has 142 valence electrons. The topological polar surface area (TPSA) is 56.2 Å². The minimum Gasteiger partial charge on any atom is -0.489 e. The molecule has 0 spiro atoms. The quantitative estimate of drug-likeness (QED) is 0.619. The van der Waals surface area contributed by atoms with Crippen molar-refractivity contribution < 1.29 is 9.53 Å². The third-order valence-corrected chi connectivity index (χ3v) is 5.51. The number of carbonyl (C=O) groups excluding carboxylic acids is 1. The molecule has 0 aliphatic carbocycles. The number of carbonyl (C=O) groups is 1. The van der Waals surface area contributed by atoms with Gasteiger partial charge in [-0.3, -0.25) is 9.48 Å². The van der Waals surface area contributed by atoms with Crippen LogP contribution in [0, 0.1) is 13.8 Å². The molecule has 2 heterocycles. The molecule has 0 fully saturated rings. The molecular weight excluding hydrogens is 382 g/mol. The third kappa shape index (κ3) is 4.70. The Balaban J connectivity index is 1.58. The maximum absolute atomic E-state index is 12.4. The van der Waals surface area contributed by atoms with Crippen molar-refractivity contribution in [1.82, 2.24) is 15.1 Å². The molecule has 0 saturated heterocycles. The molecule has 3 rings (SSSR count). The maximum atomic E-state index is 12.4. The van der Waals surface area contributed by atoms with Gasteiger partial charge in [-0.25, -0.2) is 0 Å². The number of nitrogens with one attached hydrogen (secondary N) is 1. The van der Waals surface area contributed by atoms with E-state index in [4.69, 9.17) is 16.3 Å². The SMILES string of the molecule is CCn1ncc(Cl)c1CNC(=O)c1cc(COc2ccc(C)cc2C)cs1. The van der Waals surface area contributed by atoms with Gasteiger partial charge in [-0.1, -0.05) is 29.3 Å². The second-order valence-electron chi connectivity index (χ2n) is 6.31.